The van der Waals surface area contributed by atoms with Crippen LogP contribution in [0.2, 0.25) is 0 Å². The Balaban J connectivity index is 1.79. The molecule has 4 nitrogen and oxygen atoms in total. The van der Waals surface area contributed by atoms with Crippen molar-refractivity contribution in [3.05, 3.63) is 22.2 Å². The van der Waals surface area contributed by atoms with Gasteiger partial charge in [-0.25, -0.2) is 4.98 Å². The molecule has 2 fully saturated rings. The predicted octanol–water partition coefficient (Wildman–Crippen LogP) is 2.63. The van der Waals surface area contributed by atoms with E-state index < -0.39 is 0 Å². The van der Waals surface area contributed by atoms with E-state index in [1.807, 2.05) is 6.07 Å². The van der Waals surface area contributed by atoms with Crippen LogP contribution in [0.25, 0.3) is 0 Å². The van der Waals surface area contributed by atoms with Crippen molar-refractivity contribution in [1.82, 2.24) is 14.9 Å². The molecule has 0 aliphatic carbocycles. The van der Waals surface area contributed by atoms with Gasteiger partial charge >= 0.3 is 0 Å². The van der Waals surface area contributed by atoms with Gasteiger partial charge in [-0.05, 0) is 31.9 Å². The van der Waals surface area contributed by atoms with E-state index in [9.17, 15) is 0 Å². The number of nitrogens with zero attached hydrogens (tertiary/aromatic N) is 2. The van der Waals surface area contributed by atoms with Gasteiger partial charge in [-0.3, -0.25) is 4.90 Å². The molecular formula is C14H21N3OS. The number of fused-ring (bicyclic) bond motifs is 1. The minimum Gasteiger partial charge on any atom is -0.367 e. The highest BCUT2D eigenvalue weighted by molar-refractivity contribution is 7.71. The van der Waals surface area contributed by atoms with Gasteiger partial charge in [0, 0.05) is 18.3 Å². The minimum absolute atomic E-state index is 0.0489. The summed E-state index contributed by atoms with van der Waals surface area (Å²) in [5.74, 6) is 0.904. The number of aromatic amines is 1. The maximum absolute atomic E-state index is 5.98. The van der Waals surface area contributed by atoms with Crippen LogP contribution in [-0.2, 0) is 11.2 Å². The van der Waals surface area contributed by atoms with E-state index in [1.165, 1.54) is 25.1 Å². The van der Waals surface area contributed by atoms with E-state index in [-0.39, 0.29) is 6.10 Å². The molecule has 0 bridgehead atoms. The van der Waals surface area contributed by atoms with Crippen molar-refractivity contribution in [3.8, 4) is 0 Å². The second kappa shape index (κ2) is 5.69. The number of aromatic nitrogens is 2. The molecule has 2 saturated heterocycles. The molecule has 1 N–H and O–H groups in total. The fraction of sp³-hybridized carbons (Fsp3) is 0.714. The third-order valence-electron chi connectivity index (χ3n) is 4.03. The van der Waals surface area contributed by atoms with Crippen LogP contribution < -0.4 is 0 Å². The number of hydrogen-bond donors (Lipinski definition) is 1. The van der Waals surface area contributed by atoms with Crippen LogP contribution in [0.4, 0.5) is 0 Å². The van der Waals surface area contributed by atoms with E-state index in [0.29, 0.717) is 10.7 Å². The molecule has 104 valence electrons. The molecule has 1 aromatic rings. The predicted molar refractivity (Wildman–Crippen MR) is 76.7 cm³/mol. The van der Waals surface area contributed by atoms with Crippen LogP contribution in [0.1, 0.15) is 43.8 Å². The SMILES string of the molecule is CCCc1cc(=S)nc(C2CN3CCCC3CO2)[nH]1. The van der Waals surface area contributed by atoms with Crippen LogP contribution in [0.5, 0.6) is 0 Å². The number of aryl methyl sites for hydroxylation is 1. The topological polar surface area (TPSA) is 41.2 Å². The summed E-state index contributed by atoms with van der Waals surface area (Å²) in [5, 5.41) is 0. The number of nitrogens with one attached hydrogen (secondary N) is 1. The largest absolute Gasteiger partial charge is 0.367 e. The summed E-state index contributed by atoms with van der Waals surface area (Å²) >= 11 is 5.26. The standard InChI is InChI=1S/C14H21N3OS/c1-2-4-10-7-13(19)16-14(15-10)12-8-17-6-3-5-11(17)9-18-12/h7,11-12H,2-6,8-9H2,1H3,(H,15,16,19). The summed E-state index contributed by atoms with van der Waals surface area (Å²) in [5.41, 5.74) is 1.17. The minimum atomic E-state index is 0.0489. The van der Waals surface area contributed by atoms with Crippen molar-refractivity contribution in [2.45, 2.75) is 44.8 Å². The Labute approximate surface area is 119 Å². The molecule has 1 aromatic heterocycles. The van der Waals surface area contributed by atoms with Crippen LogP contribution in [0, 0.1) is 4.64 Å². The van der Waals surface area contributed by atoms with Crippen molar-refractivity contribution >= 4 is 12.2 Å². The molecule has 2 aliphatic heterocycles. The van der Waals surface area contributed by atoms with Gasteiger partial charge < -0.3 is 9.72 Å². The summed E-state index contributed by atoms with van der Waals surface area (Å²) in [6.45, 7) is 5.13. The first-order valence-electron chi connectivity index (χ1n) is 7.22. The average molecular weight is 279 g/mol. The third kappa shape index (κ3) is 2.88. The molecule has 2 unspecified atom stereocenters. The van der Waals surface area contributed by atoms with Crippen LogP contribution in [0.3, 0.4) is 0 Å². The highest BCUT2D eigenvalue weighted by Gasteiger charge is 2.33. The molecule has 2 atom stereocenters. The molecular weight excluding hydrogens is 258 g/mol. The van der Waals surface area contributed by atoms with Crippen LogP contribution in [-0.4, -0.2) is 40.6 Å². The zero-order chi connectivity index (χ0) is 13.2. The molecule has 0 spiro atoms. The number of hydrogen-bond acceptors (Lipinski definition) is 4. The van der Waals surface area contributed by atoms with Crippen molar-refractivity contribution in [1.29, 1.82) is 0 Å². The average Bonchev–Trinajstić information content (AvgIpc) is 2.85. The van der Waals surface area contributed by atoms with E-state index in [0.717, 1.165) is 31.8 Å². The van der Waals surface area contributed by atoms with Gasteiger partial charge in [0.15, 0.2) is 0 Å². The van der Waals surface area contributed by atoms with E-state index >= 15 is 0 Å². The Hall–Kier alpha value is -0.780. The lowest BCUT2D eigenvalue weighted by Gasteiger charge is -2.34. The lowest BCUT2D eigenvalue weighted by atomic mass is 10.1. The first-order chi connectivity index (χ1) is 9.26. The maximum atomic E-state index is 5.98. The van der Waals surface area contributed by atoms with Gasteiger partial charge in [0.05, 0.1) is 6.61 Å². The Morgan fingerprint density at radius 1 is 1.58 bits per heavy atom. The number of morpholine rings is 1. The van der Waals surface area contributed by atoms with Crippen molar-refractivity contribution in [2.75, 3.05) is 19.7 Å². The molecule has 3 rings (SSSR count). The van der Waals surface area contributed by atoms with Gasteiger partial charge in [-0.2, -0.15) is 0 Å². The van der Waals surface area contributed by atoms with Gasteiger partial charge in [-0.15, -0.1) is 0 Å². The Bertz CT molecular complexity index is 502. The number of ether oxygens (including phenoxy) is 1. The molecule has 0 amide bonds. The Morgan fingerprint density at radius 2 is 2.47 bits per heavy atom. The quantitative estimate of drug-likeness (QED) is 0.864. The lowest BCUT2D eigenvalue weighted by Crippen LogP contribution is -2.42. The second-order valence-electron chi connectivity index (χ2n) is 5.49. The molecule has 5 heteroatoms. The summed E-state index contributed by atoms with van der Waals surface area (Å²) in [6.07, 6.45) is 4.73. The smallest absolute Gasteiger partial charge is 0.138 e. The highest BCUT2D eigenvalue weighted by Crippen LogP contribution is 2.28. The zero-order valence-corrected chi connectivity index (χ0v) is 12.2. The first-order valence-corrected chi connectivity index (χ1v) is 7.63. The van der Waals surface area contributed by atoms with Crippen molar-refractivity contribution < 1.29 is 4.74 Å². The van der Waals surface area contributed by atoms with Gasteiger partial charge in [0.1, 0.15) is 16.6 Å². The highest BCUT2D eigenvalue weighted by atomic mass is 32.1. The monoisotopic (exact) mass is 279 g/mol. The van der Waals surface area contributed by atoms with Gasteiger partial charge in [-0.1, -0.05) is 25.6 Å². The summed E-state index contributed by atoms with van der Waals surface area (Å²) in [6, 6.07) is 2.59. The van der Waals surface area contributed by atoms with Crippen molar-refractivity contribution in [3.63, 3.8) is 0 Å². The maximum Gasteiger partial charge on any atom is 0.138 e. The van der Waals surface area contributed by atoms with E-state index in [2.05, 4.69) is 21.8 Å². The molecule has 3 heterocycles. The molecule has 0 aromatic carbocycles. The van der Waals surface area contributed by atoms with Crippen molar-refractivity contribution in [2.24, 2.45) is 0 Å². The second-order valence-corrected chi connectivity index (χ2v) is 5.91. The first kappa shape index (κ1) is 13.2. The van der Waals surface area contributed by atoms with Crippen LogP contribution >= 0.6 is 12.2 Å². The molecule has 0 radical (unpaired) electrons. The van der Waals surface area contributed by atoms with E-state index in [4.69, 9.17) is 17.0 Å². The number of H-pyrrole nitrogens is 1. The Morgan fingerprint density at radius 3 is 3.32 bits per heavy atom. The fourth-order valence-corrected chi connectivity index (χ4v) is 3.31. The van der Waals surface area contributed by atoms with E-state index in [1.54, 1.807) is 0 Å². The van der Waals surface area contributed by atoms with Gasteiger partial charge in [0.2, 0.25) is 0 Å². The normalized spacial score (nSPS) is 27.4. The fourth-order valence-electron chi connectivity index (χ4n) is 3.07. The zero-order valence-electron chi connectivity index (χ0n) is 11.4. The van der Waals surface area contributed by atoms with Crippen LogP contribution in [0.15, 0.2) is 6.07 Å². The summed E-state index contributed by atoms with van der Waals surface area (Å²) in [4.78, 5) is 10.4. The third-order valence-corrected chi connectivity index (χ3v) is 4.24. The molecule has 0 saturated carbocycles. The Kier molecular flexibility index (Phi) is 3.96. The molecule has 19 heavy (non-hydrogen) atoms. The molecule has 2 aliphatic rings. The number of rotatable bonds is 3. The van der Waals surface area contributed by atoms with Gasteiger partial charge in [0.25, 0.3) is 0 Å². The lowest BCUT2D eigenvalue weighted by molar-refractivity contribution is -0.0542. The summed E-state index contributed by atoms with van der Waals surface area (Å²) < 4.78 is 6.66. The summed E-state index contributed by atoms with van der Waals surface area (Å²) in [7, 11) is 0.